The molecule has 29 heavy (non-hydrogen) atoms. The maximum Gasteiger partial charge on any atom is 0.332 e. The fourth-order valence-corrected chi connectivity index (χ4v) is 3.04. The summed E-state index contributed by atoms with van der Waals surface area (Å²) in [5, 5.41) is 13.5. The van der Waals surface area contributed by atoms with E-state index >= 15 is 0 Å². The van der Waals surface area contributed by atoms with Gasteiger partial charge in [0.05, 0.1) is 4.92 Å². The highest BCUT2D eigenvalue weighted by molar-refractivity contribution is 6.16. The number of carbonyl (C=O) groups is 3. The van der Waals surface area contributed by atoms with Crippen molar-refractivity contribution in [2.24, 2.45) is 0 Å². The van der Waals surface area contributed by atoms with Gasteiger partial charge < -0.3 is 5.32 Å². The molecular formula is C19H17FN4O5. The molecule has 1 aliphatic rings. The lowest BCUT2D eigenvalue weighted by Gasteiger charge is -2.19. The Hall–Kier alpha value is -3.82. The van der Waals surface area contributed by atoms with Crippen LogP contribution in [0.5, 0.6) is 0 Å². The number of nitro groups is 1. The second-order valence-corrected chi connectivity index (χ2v) is 6.56. The zero-order valence-electron chi connectivity index (χ0n) is 15.6. The molecule has 1 heterocycles. The molecule has 2 aromatic rings. The maximum absolute atomic E-state index is 13.1. The minimum atomic E-state index is -0.880. The number of aryl methyl sites for hydroxylation is 1. The molecule has 1 atom stereocenters. The molecule has 9 nitrogen and oxygen atoms in total. The molecular weight excluding hydrogens is 383 g/mol. The molecule has 1 aliphatic heterocycles. The lowest BCUT2D eigenvalue weighted by molar-refractivity contribution is -0.384. The number of urea groups is 1. The van der Waals surface area contributed by atoms with E-state index in [9.17, 15) is 28.9 Å². The van der Waals surface area contributed by atoms with Crippen LogP contribution in [0, 0.1) is 22.9 Å². The standard InChI is InChI=1S/C19H17FN4O5/c1-11-3-8-15(16(9-11)24(28)29)21-17(25)10-22-18(26)12(2)23(19(22)27)14-6-4-13(20)5-7-14/h3-9,12H,10H2,1-2H3,(H,21,25). The molecule has 0 saturated carbocycles. The van der Waals surface area contributed by atoms with Crippen LogP contribution >= 0.6 is 0 Å². The quantitative estimate of drug-likeness (QED) is 0.471. The molecule has 0 bridgehead atoms. The Morgan fingerprint density at radius 1 is 1.21 bits per heavy atom. The van der Waals surface area contributed by atoms with Gasteiger partial charge in [0.15, 0.2) is 0 Å². The number of nitrogens with zero attached hydrogens (tertiary/aromatic N) is 3. The summed E-state index contributed by atoms with van der Waals surface area (Å²) >= 11 is 0. The van der Waals surface area contributed by atoms with Crippen molar-refractivity contribution in [2.45, 2.75) is 19.9 Å². The highest BCUT2D eigenvalue weighted by Gasteiger charge is 2.44. The van der Waals surface area contributed by atoms with Crippen molar-refractivity contribution < 1.29 is 23.7 Å². The molecule has 10 heteroatoms. The third-order valence-corrected chi connectivity index (χ3v) is 4.48. The Labute approximate surface area is 164 Å². The second kappa shape index (κ2) is 7.66. The van der Waals surface area contributed by atoms with Crippen molar-refractivity contribution >= 4 is 34.9 Å². The first-order chi connectivity index (χ1) is 13.7. The van der Waals surface area contributed by atoms with Crippen molar-refractivity contribution in [3.63, 3.8) is 0 Å². The van der Waals surface area contributed by atoms with Gasteiger partial charge in [-0.25, -0.2) is 9.18 Å². The predicted octanol–water partition coefficient (Wildman–Crippen LogP) is 2.84. The molecule has 2 aromatic carbocycles. The van der Waals surface area contributed by atoms with Crippen LogP contribution in [0.1, 0.15) is 12.5 Å². The van der Waals surface area contributed by atoms with Crippen molar-refractivity contribution in [3.05, 3.63) is 64.0 Å². The first-order valence-corrected chi connectivity index (χ1v) is 8.64. The number of imide groups is 1. The number of hydrogen-bond acceptors (Lipinski definition) is 5. The second-order valence-electron chi connectivity index (χ2n) is 6.56. The van der Waals surface area contributed by atoms with Crippen LogP contribution in [0.4, 0.5) is 26.2 Å². The largest absolute Gasteiger partial charge is 0.332 e. The Morgan fingerprint density at radius 3 is 2.48 bits per heavy atom. The normalized spacial score (nSPS) is 16.3. The first kappa shape index (κ1) is 19.9. The molecule has 1 N–H and O–H groups in total. The van der Waals surface area contributed by atoms with Gasteiger partial charge >= 0.3 is 6.03 Å². The van der Waals surface area contributed by atoms with Gasteiger partial charge in [-0.2, -0.15) is 0 Å². The van der Waals surface area contributed by atoms with Gasteiger partial charge in [0.25, 0.3) is 11.6 Å². The summed E-state index contributed by atoms with van der Waals surface area (Å²) in [6.45, 7) is 2.56. The number of nitro benzene ring substituents is 1. The molecule has 0 aromatic heterocycles. The van der Waals surface area contributed by atoms with E-state index in [1.54, 1.807) is 13.0 Å². The van der Waals surface area contributed by atoms with E-state index < -0.39 is 41.2 Å². The zero-order valence-corrected chi connectivity index (χ0v) is 15.6. The fourth-order valence-electron chi connectivity index (χ4n) is 3.04. The lowest BCUT2D eigenvalue weighted by atomic mass is 10.2. The molecule has 0 spiro atoms. The Bertz CT molecular complexity index is 1010. The van der Waals surface area contributed by atoms with Gasteiger partial charge in [0.2, 0.25) is 5.91 Å². The Kier molecular flexibility index (Phi) is 5.26. The van der Waals surface area contributed by atoms with Crippen molar-refractivity contribution in [3.8, 4) is 0 Å². The number of nitrogens with one attached hydrogen (secondary N) is 1. The molecule has 1 unspecified atom stereocenters. The number of rotatable bonds is 5. The fraction of sp³-hybridized carbons (Fsp3) is 0.211. The average molecular weight is 400 g/mol. The monoisotopic (exact) mass is 400 g/mol. The molecule has 0 radical (unpaired) electrons. The van der Waals surface area contributed by atoms with Crippen LogP contribution in [-0.4, -0.2) is 40.3 Å². The highest BCUT2D eigenvalue weighted by Crippen LogP contribution is 2.27. The maximum atomic E-state index is 13.1. The van der Waals surface area contributed by atoms with Crippen LogP contribution < -0.4 is 10.2 Å². The van der Waals surface area contributed by atoms with Gasteiger partial charge in [0, 0.05) is 11.8 Å². The molecule has 150 valence electrons. The lowest BCUT2D eigenvalue weighted by Crippen LogP contribution is -2.39. The van der Waals surface area contributed by atoms with Gasteiger partial charge in [-0.3, -0.25) is 29.5 Å². The molecule has 0 aliphatic carbocycles. The summed E-state index contributed by atoms with van der Waals surface area (Å²) in [5.74, 6) is -1.85. The minimum Gasteiger partial charge on any atom is -0.319 e. The average Bonchev–Trinajstić information content (AvgIpc) is 2.87. The number of anilines is 2. The summed E-state index contributed by atoms with van der Waals surface area (Å²) in [6, 6.07) is 7.70. The van der Waals surface area contributed by atoms with Gasteiger partial charge in [0.1, 0.15) is 24.1 Å². The van der Waals surface area contributed by atoms with Crippen molar-refractivity contribution in [1.29, 1.82) is 0 Å². The number of hydrogen-bond donors (Lipinski definition) is 1. The first-order valence-electron chi connectivity index (χ1n) is 8.64. The van der Waals surface area contributed by atoms with E-state index in [1.807, 2.05) is 0 Å². The third-order valence-electron chi connectivity index (χ3n) is 4.48. The van der Waals surface area contributed by atoms with E-state index in [0.717, 1.165) is 21.9 Å². The minimum absolute atomic E-state index is 0.0341. The van der Waals surface area contributed by atoms with E-state index in [0.29, 0.717) is 11.3 Å². The Balaban J connectivity index is 1.77. The molecule has 1 fully saturated rings. The van der Waals surface area contributed by atoms with Gasteiger partial charge in [-0.1, -0.05) is 6.07 Å². The summed E-state index contributed by atoms with van der Waals surface area (Å²) in [6.07, 6.45) is 0. The number of carbonyl (C=O) groups excluding carboxylic acids is 3. The summed E-state index contributed by atoms with van der Waals surface area (Å²) in [5.41, 5.74) is 0.629. The zero-order chi connectivity index (χ0) is 21.3. The molecule has 4 amide bonds. The SMILES string of the molecule is Cc1ccc(NC(=O)CN2C(=O)C(C)N(c3ccc(F)cc3)C2=O)c([N+](=O)[O-])c1. The number of halogens is 1. The van der Waals surface area contributed by atoms with Crippen LogP contribution in [0.3, 0.4) is 0 Å². The van der Waals surface area contributed by atoms with E-state index in [4.69, 9.17) is 0 Å². The number of amides is 4. The van der Waals surface area contributed by atoms with Crippen LogP contribution in [0.2, 0.25) is 0 Å². The van der Waals surface area contributed by atoms with Crippen LogP contribution in [0.25, 0.3) is 0 Å². The van der Waals surface area contributed by atoms with Crippen LogP contribution in [0.15, 0.2) is 42.5 Å². The Morgan fingerprint density at radius 2 is 1.86 bits per heavy atom. The predicted molar refractivity (Wildman–Crippen MR) is 102 cm³/mol. The van der Waals surface area contributed by atoms with Crippen LogP contribution in [-0.2, 0) is 9.59 Å². The third kappa shape index (κ3) is 3.91. The van der Waals surface area contributed by atoms with E-state index in [-0.39, 0.29) is 11.4 Å². The topological polar surface area (TPSA) is 113 Å². The summed E-state index contributed by atoms with van der Waals surface area (Å²) in [4.78, 5) is 50.0. The summed E-state index contributed by atoms with van der Waals surface area (Å²) in [7, 11) is 0. The van der Waals surface area contributed by atoms with Crippen molar-refractivity contribution in [2.75, 3.05) is 16.8 Å². The molecule has 1 saturated heterocycles. The van der Waals surface area contributed by atoms with E-state index in [1.165, 1.54) is 31.2 Å². The van der Waals surface area contributed by atoms with Crippen molar-refractivity contribution in [1.82, 2.24) is 4.90 Å². The van der Waals surface area contributed by atoms with Gasteiger partial charge in [-0.15, -0.1) is 0 Å². The summed E-state index contributed by atoms with van der Waals surface area (Å²) < 4.78 is 13.1. The van der Waals surface area contributed by atoms with E-state index in [2.05, 4.69) is 5.32 Å². The smallest absolute Gasteiger partial charge is 0.319 e. The van der Waals surface area contributed by atoms with Gasteiger partial charge in [-0.05, 0) is 49.7 Å². The highest BCUT2D eigenvalue weighted by atomic mass is 19.1. The number of benzene rings is 2. The molecule has 3 rings (SSSR count).